The average Bonchev–Trinajstić information content (AvgIpc) is 3.08. The molecule has 1 atom stereocenters. The van der Waals surface area contributed by atoms with Crippen molar-refractivity contribution in [2.75, 3.05) is 25.1 Å². The SMILES string of the molecule is CC[C@H](N)C(N)=O.COc1ccc(N2CCCC2)c(C#N)c1. The van der Waals surface area contributed by atoms with Gasteiger partial charge in [-0.2, -0.15) is 5.26 Å². The van der Waals surface area contributed by atoms with Gasteiger partial charge in [0.15, 0.2) is 0 Å². The molecule has 1 saturated heterocycles. The zero-order valence-electron chi connectivity index (χ0n) is 13.2. The standard InChI is InChI=1S/C12H14N2O.C4H10N2O/c1-15-11-4-5-12(10(8-11)9-13)14-6-2-3-7-14;1-2-3(5)4(6)7/h4-5,8H,2-3,6-7H2,1H3;3H,2,5H2,1H3,(H2,6,7)/t;3-/m.0/s1. The molecular weight excluding hydrogens is 280 g/mol. The summed E-state index contributed by atoms with van der Waals surface area (Å²) >= 11 is 0. The molecule has 0 radical (unpaired) electrons. The first kappa shape index (κ1) is 17.8. The molecule has 1 aliphatic heterocycles. The van der Waals surface area contributed by atoms with Crippen LogP contribution in [0.5, 0.6) is 5.75 Å². The van der Waals surface area contributed by atoms with Crippen molar-refractivity contribution in [1.29, 1.82) is 5.26 Å². The molecule has 6 nitrogen and oxygen atoms in total. The lowest BCUT2D eigenvalue weighted by Crippen LogP contribution is -2.35. The molecule has 1 amide bonds. The highest BCUT2D eigenvalue weighted by Gasteiger charge is 2.15. The molecular formula is C16H24N4O2. The van der Waals surface area contributed by atoms with E-state index in [0.717, 1.165) is 24.5 Å². The number of primary amides is 1. The Labute approximate surface area is 131 Å². The number of amides is 1. The van der Waals surface area contributed by atoms with Crippen LogP contribution in [0.4, 0.5) is 5.69 Å². The van der Waals surface area contributed by atoms with Crippen LogP contribution < -0.4 is 21.1 Å². The molecule has 0 saturated carbocycles. The molecule has 4 N–H and O–H groups in total. The van der Waals surface area contributed by atoms with E-state index in [1.165, 1.54) is 12.8 Å². The number of carbonyl (C=O) groups excluding carboxylic acids is 1. The molecule has 0 aliphatic carbocycles. The van der Waals surface area contributed by atoms with Gasteiger partial charge in [0.25, 0.3) is 0 Å². The second kappa shape index (κ2) is 8.90. The van der Waals surface area contributed by atoms with Gasteiger partial charge in [-0.05, 0) is 37.5 Å². The summed E-state index contributed by atoms with van der Waals surface area (Å²) in [5, 5.41) is 9.07. The quantitative estimate of drug-likeness (QED) is 0.874. The van der Waals surface area contributed by atoms with E-state index in [1.54, 1.807) is 13.2 Å². The van der Waals surface area contributed by atoms with Gasteiger partial charge in [-0.1, -0.05) is 6.92 Å². The summed E-state index contributed by atoms with van der Waals surface area (Å²) in [6.07, 6.45) is 3.06. The summed E-state index contributed by atoms with van der Waals surface area (Å²) in [5.74, 6) is 0.317. The Balaban J connectivity index is 0.000000295. The Morgan fingerprint density at radius 3 is 2.50 bits per heavy atom. The fourth-order valence-electron chi connectivity index (χ4n) is 2.17. The van der Waals surface area contributed by atoms with Crippen LogP contribution in [-0.4, -0.2) is 32.1 Å². The number of nitriles is 1. The number of nitrogens with two attached hydrogens (primary N) is 2. The van der Waals surface area contributed by atoms with Crippen molar-refractivity contribution in [2.45, 2.75) is 32.2 Å². The summed E-state index contributed by atoms with van der Waals surface area (Å²) in [4.78, 5) is 12.3. The number of methoxy groups -OCH3 is 1. The zero-order valence-corrected chi connectivity index (χ0v) is 13.2. The molecule has 1 aromatic carbocycles. The summed E-state index contributed by atoms with van der Waals surface area (Å²) in [7, 11) is 1.62. The number of anilines is 1. The minimum atomic E-state index is -0.458. The fourth-order valence-corrected chi connectivity index (χ4v) is 2.17. The van der Waals surface area contributed by atoms with Gasteiger partial charge in [-0.25, -0.2) is 0 Å². The van der Waals surface area contributed by atoms with Gasteiger partial charge < -0.3 is 21.1 Å². The van der Waals surface area contributed by atoms with Crippen molar-refractivity contribution < 1.29 is 9.53 Å². The van der Waals surface area contributed by atoms with E-state index in [9.17, 15) is 4.79 Å². The lowest BCUT2D eigenvalue weighted by atomic mass is 10.1. The highest BCUT2D eigenvalue weighted by Crippen LogP contribution is 2.27. The minimum Gasteiger partial charge on any atom is -0.497 e. The van der Waals surface area contributed by atoms with Crippen LogP contribution in [0.3, 0.4) is 0 Å². The Hall–Kier alpha value is -2.26. The lowest BCUT2D eigenvalue weighted by molar-refractivity contribution is -0.119. The first-order valence-electron chi connectivity index (χ1n) is 7.41. The van der Waals surface area contributed by atoms with Crippen molar-refractivity contribution >= 4 is 11.6 Å². The molecule has 22 heavy (non-hydrogen) atoms. The normalized spacial score (nSPS) is 14.5. The van der Waals surface area contributed by atoms with E-state index in [2.05, 4.69) is 11.0 Å². The monoisotopic (exact) mass is 304 g/mol. The number of rotatable bonds is 4. The van der Waals surface area contributed by atoms with Crippen LogP contribution >= 0.6 is 0 Å². The molecule has 120 valence electrons. The second-order valence-electron chi connectivity index (χ2n) is 5.11. The van der Waals surface area contributed by atoms with E-state index in [4.69, 9.17) is 21.5 Å². The highest BCUT2D eigenvalue weighted by atomic mass is 16.5. The first-order valence-corrected chi connectivity index (χ1v) is 7.41. The van der Waals surface area contributed by atoms with Crippen molar-refractivity contribution in [2.24, 2.45) is 11.5 Å². The maximum absolute atomic E-state index is 10.0. The molecule has 0 bridgehead atoms. The van der Waals surface area contributed by atoms with Crippen molar-refractivity contribution in [3.05, 3.63) is 23.8 Å². The molecule has 1 heterocycles. The van der Waals surface area contributed by atoms with Gasteiger partial charge in [0.2, 0.25) is 5.91 Å². The smallest absolute Gasteiger partial charge is 0.234 e. The number of hydrogen-bond donors (Lipinski definition) is 2. The third kappa shape index (κ3) is 4.93. The van der Waals surface area contributed by atoms with E-state index < -0.39 is 11.9 Å². The molecule has 1 aromatic rings. The van der Waals surface area contributed by atoms with Gasteiger partial charge in [-0.3, -0.25) is 4.79 Å². The maximum atomic E-state index is 10.0. The molecule has 0 aromatic heterocycles. The summed E-state index contributed by atoms with van der Waals surface area (Å²) < 4.78 is 5.10. The predicted molar refractivity (Wildman–Crippen MR) is 86.6 cm³/mol. The average molecular weight is 304 g/mol. The maximum Gasteiger partial charge on any atom is 0.234 e. The fraction of sp³-hybridized carbons (Fsp3) is 0.500. The summed E-state index contributed by atoms with van der Waals surface area (Å²) in [6.45, 7) is 3.93. The largest absolute Gasteiger partial charge is 0.497 e. The predicted octanol–water partition coefficient (Wildman–Crippen LogP) is 1.38. The molecule has 0 spiro atoms. The number of benzene rings is 1. The van der Waals surface area contributed by atoms with Crippen LogP contribution in [0.25, 0.3) is 0 Å². The Morgan fingerprint density at radius 1 is 1.45 bits per heavy atom. The number of nitrogens with zero attached hydrogens (tertiary/aromatic N) is 2. The molecule has 1 aliphatic rings. The Morgan fingerprint density at radius 2 is 2.09 bits per heavy atom. The van der Waals surface area contributed by atoms with Crippen LogP contribution in [0.1, 0.15) is 31.7 Å². The van der Waals surface area contributed by atoms with Gasteiger partial charge in [0.1, 0.15) is 11.8 Å². The number of ether oxygens (including phenoxy) is 1. The van der Waals surface area contributed by atoms with Crippen LogP contribution in [0, 0.1) is 11.3 Å². The third-order valence-corrected chi connectivity index (χ3v) is 3.58. The van der Waals surface area contributed by atoms with E-state index >= 15 is 0 Å². The molecule has 1 fully saturated rings. The van der Waals surface area contributed by atoms with Crippen LogP contribution in [-0.2, 0) is 4.79 Å². The number of hydrogen-bond acceptors (Lipinski definition) is 5. The topological polar surface area (TPSA) is 105 Å². The summed E-state index contributed by atoms with van der Waals surface area (Å²) in [6, 6.07) is 7.45. The van der Waals surface area contributed by atoms with Crippen molar-refractivity contribution in [3.8, 4) is 11.8 Å². The Bertz CT molecular complexity index is 533. The van der Waals surface area contributed by atoms with Crippen LogP contribution in [0.2, 0.25) is 0 Å². The second-order valence-corrected chi connectivity index (χ2v) is 5.11. The van der Waals surface area contributed by atoms with Crippen molar-refractivity contribution in [3.63, 3.8) is 0 Å². The molecule has 6 heteroatoms. The number of carbonyl (C=O) groups is 1. The Kier molecular flexibility index (Phi) is 7.20. The van der Waals surface area contributed by atoms with E-state index in [1.807, 2.05) is 19.1 Å². The molecule has 0 unspecified atom stereocenters. The van der Waals surface area contributed by atoms with Gasteiger partial charge in [0.05, 0.1) is 24.4 Å². The third-order valence-electron chi connectivity index (χ3n) is 3.58. The molecule has 2 rings (SSSR count). The zero-order chi connectivity index (χ0) is 16.5. The highest BCUT2D eigenvalue weighted by molar-refractivity contribution is 5.79. The first-order chi connectivity index (χ1) is 10.5. The van der Waals surface area contributed by atoms with Crippen molar-refractivity contribution in [1.82, 2.24) is 0 Å². The van der Waals surface area contributed by atoms with Gasteiger partial charge in [-0.15, -0.1) is 0 Å². The van der Waals surface area contributed by atoms with Crippen LogP contribution in [0.15, 0.2) is 18.2 Å². The van der Waals surface area contributed by atoms with E-state index in [-0.39, 0.29) is 0 Å². The lowest BCUT2D eigenvalue weighted by Gasteiger charge is -2.19. The van der Waals surface area contributed by atoms with Gasteiger partial charge in [0, 0.05) is 13.1 Å². The minimum absolute atomic E-state index is 0.428. The summed E-state index contributed by atoms with van der Waals surface area (Å²) in [5.41, 5.74) is 11.7. The van der Waals surface area contributed by atoms with E-state index in [0.29, 0.717) is 12.0 Å². The van der Waals surface area contributed by atoms with Gasteiger partial charge >= 0.3 is 0 Å².